The molecule has 2 N–H and O–H groups in total. The maximum atomic E-state index is 12.5. The Hall–Kier alpha value is -0.570. The van der Waals surface area contributed by atoms with Crippen LogP contribution in [0.15, 0.2) is 0 Å². The van der Waals surface area contributed by atoms with Crippen LogP contribution in [0.5, 0.6) is 0 Å². The summed E-state index contributed by atoms with van der Waals surface area (Å²) in [7, 11) is 0. The average molecular weight is 264 g/mol. The molecule has 1 unspecified atom stereocenters. The van der Waals surface area contributed by atoms with Gasteiger partial charge < -0.3 is 10.6 Å². The first kappa shape index (κ1) is 13.4. The Morgan fingerprint density at radius 1 is 1.16 bits per heavy atom. The van der Waals surface area contributed by atoms with E-state index in [1.807, 2.05) is 6.92 Å². The Labute approximate surface area is 116 Å². The van der Waals surface area contributed by atoms with E-state index in [1.165, 1.54) is 32.1 Å². The van der Waals surface area contributed by atoms with Crippen LogP contribution in [0.1, 0.15) is 52.4 Å². The lowest BCUT2D eigenvalue weighted by Gasteiger charge is -2.57. The molecule has 3 heteroatoms. The Kier molecular flexibility index (Phi) is 3.59. The van der Waals surface area contributed by atoms with Gasteiger partial charge in [0.05, 0.1) is 0 Å². The van der Waals surface area contributed by atoms with Gasteiger partial charge in [0.25, 0.3) is 0 Å². The number of carbonyl (C=O) groups excluding carboxylic acids is 1. The number of hydrogen-bond acceptors (Lipinski definition) is 2. The van der Waals surface area contributed by atoms with Gasteiger partial charge in [0, 0.05) is 25.0 Å². The lowest BCUT2D eigenvalue weighted by Crippen LogP contribution is -2.57. The summed E-state index contributed by atoms with van der Waals surface area (Å²) in [5.74, 6) is 3.80. The lowest BCUT2D eigenvalue weighted by atomic mass is 9.54. The average Bonchev–Trinajstić information content (AvgIpc) is 2.31. The standard InChI is InChI=1S/C16H28N2O/c1-3-18(15(19)4-10(2)17)16-13-6-11-5-12(8-13)9-14(16)7-11/h10-14,16H,3-9,17H2,1-2H3. The van der Waals surface area contributed by atoms with E-state index >= 15 is 0 Å². The summed E-state index contributed by atoms with van der Waals surface area (Å²) in [6.07, 6.45) is 7.48. The Morgan fingerprint density at radius 2 is 1.68 bits per heavy atom. The van der Waals surface area contributed by atoms with Crippen molar-refractivity contribution in [3.05, 3.63) is 0 Å². The van der Waals surface area contributed by atoms with E-state index in [4.69, 9.17) is 5.73 Å². The third kappa shape index (κ3) is 2.42. The Bertz CT molecular complexity index is 325. The van der Waals surface area contributed by atoms with E-state index < -0.39 is 0 Å². The molecule has 0 aromatic carbocycles. The van der Waals surface area contributed by atoms with E-state index in [9.17, 15) is 4.79 Å². The molecular weight excluding hydrogens is 236 g/mol. The second-order valence-electron chi connectivity index (χ2n) is 7.28. The number of hydrogen-bond donors (Lipinski definition) is 1. The van der Waals surface area contributed by atoms with Crippen molar-refractivity contribution in [1.29, 1.82) is 0 Å². The van der Waals surface area contributed by atoms with Crippen molar-refractivity contribution in [1.82, 2.24) is 4.90 Å². The molecule has 108 valence electrons. The molecular formula is C16H28N2O. The monoisotopic (exact) mass is 264 g/mol. The largest absolute Gasteiger partial charge is 0.339 e. The quantitative estimate of drug-likeness (QED) is 0.847. The third-order valence-corrected chi connectivity index (χ3v) is 5.69. The molecule has 4 bridgehead atoms. The van der Waals surface area contributed by atoms with Crippen LogP contribution in [0.4, 0.5) is 0 Å². The summed E-state index contributed by atoms with van der Waals surface area (Å²) in [5.41, 5.74) is 5.81. The highest BCUT2D eigenvalue weighted by atomic mass is 16.2. The minimum atomic E-state index is -0.0154. The van der Waals surface area contributed by atoms with Gasteiger partial charge in [-0.25, -0.2) is 0 Å². The van der Waals surface area contributed by atoms with Gasteiger partial charge in [-0.15, -0.1) is 0 Å². The van der Waals surface area contributed by atoms with Crippen molar-refractivity contribution < 1.29 is 4.79 Å². The van der Waals surface area contributed by atoms with E-state index in [2.05, 4.69) is 11.8 Å². The molecule has 4 aliphatic carbocycles. The second kappa shape index (κ2) is 5.08. The van der Waals surface area contributed by atoms with Crippen molar-refractivity contribution in [2.75, 3.05) is 6.54 Å². The molecule has 0 heterocycles. The molecule has 0 saturated heterocycles. The molecule has 1 atom stereocenters. The van der Waals surface area contributed by atoms with Crippen LogP contribution in [0.25, 0.3) is 0 Å². The van der Waals surface area contributed by atoms with Gasteiger partial charge in [0.2, 0.25) is 5.91 Å². The normalized spacial score (nSPS) is 41.3. The number of nitrogens with two attached hydrogens (primary N) is 1. The fourth-order valence-corrected chi connectivity index (χ4v) is 5.35. The van der Waals surface area contributed by atoms with Gasteiger partial charge in [0.15, 0.2) is 0 Å². The zero-order chi connectivity index (χ0) is 13.6. The topological polar surface area (TPSA) is 46.3 Å². The molecule has 1 amide bonds. The zero-order valence-electron chi connectivity index (χ0n) is 12.3. The molecule has 0 radical (unpaired) electrons. The maximum Gasteiger partial charge on any atom is 0.224 e. The van der Waals surface area contributed by atoms with Gasteiger partial charge >= 0.3 is 0 Å². The van der Waals surface area contributed by atoms with Crippen molar-refractivity contribution in [2.45, 2.75) is 64.5 Å². The first-order chi connectivity index (χ1) is 9.08. The van der Waals surface area contributed by atoms with Crippen LogP contribution in [0.2, 0.25) is 0 Å². The fraction of sp³-hybridized carbons (Fsp3) is 0.938. The van der Waals surface area contributed by atoms with Crippen molar-refractivity contribution in [3.63, 3.8) is 0 Å². The summed E-state index contributed by atoms with van der Waals surface area (Å²) in [4.78, 5) is 14.6. The summed E-state index contributed by atoms with van der Waals surface area (Å²) in [5, 5.41) is 0. The SMILES string of the molecule is CCN(C(=O)CC(C)N)C1C2CC3CC(C2)CC1C3. The highest BCUT2D eigenvalue weighted by Gasteiger charge is 2.50. The molecule has 0 aromatic heterocycles. The third-order valence-electron chi connectivity index (χ3n) is 5.69. The number of carbonyl (C=O) groups is 1. The summed E-state index contributed by atoms with van der Waals surface area (Å²) in [6.45, 7) is 4.92. The molecule has 4 fully saturated rings. The fourth-order valence-electron chi connectivity index (χ4n) is 5.35. The first-order valence-corrected chi connectivity index (χ1v) is 8.13. The van der Waals surface area contributed by atoms with Gasteiger partial charge in [-0.05, 0) is 69.6 Å². The maximum absolute atomic E-state index is 12.5. The smallest absolute Gasteiger partial charge is 0.224 e. The van der Waals surface area contributed by atoms with Crippen LogP contribution in [0.3, 0.4) is 0 Å². The second-order valence-corrected chi connectivity index (χ2v) is 7.28. The molecule has 4 aliphatic rings. The lowest BCUT2D eigenvalue weighted by molar-refractivity contribution is -0.143. The highest BCUT2D eigenvalue weighted by molar-refractivity contribution is 5.77. The predicted molar refractivity (Wildman–Crippen MR) is 76.5 cm³/mol. The van der Waals surface area contributed by atoms with Crippen LogP contribution in [0, 0.1) is 23.7 Å². The van der Waals surface area contributed by atoms with Crippen molar-refractivity contribution in [3.8, 4) is 0 Å². The van der Waals surface area contributed by atoms with Gasteiger partial charge in [0.1, 0.15) is 0 Å². The number of rotatable bonds is 4. The predicted octanol–water partition coefficient (Wildman–Crippen LogP) is 2.40. The van der Waals surface area contributed by atoms with Crippen LogP contribution >= 0.6 is 0 Å². The molecule has 19 heavy (non-hydrogen) atoms. The van der Waals surface area contributed by atoms with Gasteiger partial charge in [-0.1, -0.05) is 0 Å². The summed E-state index contributed by atoms with van der Waals surface area (Å²) in [6, 6.07) is 0.516. The van der Waals surface area contributed by atoms with Crippen LogP contribution in [-0.2, 0) is 4.79 Å². The van der Waals surface area contributed by atoms with E-state index in [0.29, 0.717) is 12.5 Å². The first-order valence-electron chi connectivity index (χ1n) is 8.13. The minimum Gasteiger partial charge on any atom is -0.339 e. The number of amides is 1. The molecule has 0 spiro atoms. The molecule has 4 rings (SSSR count). The summed E-state index contributed by atoms with van der Waals surface area (Å²) < 4.78 is 0. The van der Waals surface area contributed by atoms with E-state index in [1.54, 1.807) is 0 Å². The Balaban J connectivity index is 1.74. The number of nitrogens with zero attached hydrogens (tertiary/aromatic N) is 1. The van der Waals surface area contributed by atoms with Gasteiger partial charge in [-0.2, -0.15) is 0 Å². The summed E-state index contributed by atoms with van der Waals surface area (Å²) >= 11 is 0. The van der Waals surface area contributed by atoms with E-state index in [-0.39, 0.29) is 11.9 Å². The van der Waals surface area contributed by atoms with Crippen molar-refractivity contribution >= 4 is 5.91 Å². The van der Waals surface area contributed by atoms with Crippen LogP contribution < -0.4 is 5.73 Å². The molecule has 4 saturated carbocycles. The Morgan fingerprint density at radius 3 is 2.11 bits per heavy atom. The van der Waals surface area contributed by atoms with Gasteiger partial charge in [-0.3, -0.25) is 4.79 Å². The molecule has 3 nitrogen and oxygen atoms in total. The molecule has 0 aromatic rings. The molecule has 0 aliphatic heterocycles. The minimum absolute atomic E-state index is 0.0154. The van der Waals surface area contributed by atoms with Crippen LogP contribution in [-0.4, -0.2) is 29.4 Å². The van der Waals surface area contributed by atoms with Crippen molar-refractivity contribution in [2.24, 2.45) is 29.4 Å². The highest BCUT2D eigenvalue weighted by Crippen LogP contribution is 2.55. The zero-order valence-corrected chi connectivity index (χ0v) is 12.3. The van der Waals surface area contributed by atoms with E-state index in [0.717, 1.165) is 30.2 Å².